The fourth-order valence-corrected chi connectivity index (χ4v) is 2.62. The molecule has 0 unspecified atom stereocenters. The Kier molecular flexibility index (Phi) is 4.29. The summed E-state index contributed by atoms with van der Waals surface area (Å²) < 4.78 is 5.56. The van der Waals surface area contributed by atoms with Crippen LogP contribution in [0.5, 0.6) is 0 Å². The zero-order chi connectivity index (χ0) is 16.2. The van der Waals surface area contributed by atoms with Crippen molar-refractivity contribution < 1.29 is 9.21 Å². The monoisotopic (exact) mass is 305 g/mol. The van der Waals surface area contributed by atoms with Gasteiger partial charge in [0.25, 0.3) is 5.91 Å². The molecule has 0 atom stereocenters. The van der Waals surface area contributed by atoms with Crippen molar-refractivity contribution in [1.82, 2.24) is 4.90 Å². The Labute approximate surface area is 136 Å². The summed E-state index contributed by atoms with van der Waals surface area (Å²) in [7, 11) is 1.79. The predicted molar refractivity (Wildman–Crippen MR) is 91.1 cm³/mol. The number of nitrogens with zero attached hydrogens (tertiary/aromatic N) is 1. The molecule has 0 fully saturated rings. The highest BCUT2D eigenvalue weighted by molar-refractivity contribution is 6.00. The lowest BCUT2D eigenvalue weighted by Gasteiger charge is -2.18. The van der Waals surface area contributed by atoms with Gasteiger partial charge in [-0.25, -0.2) is 0 Å². The normalized spacial score (nSPS) is 10.5. The van der Waals surface area contributed by atoms with Gasteiger partial charge in [-0.1, -0.05) is 48.5 Å². The molecule has 0 saturated heterocycles. The molecule has 3 rings (SSSR count). The third-order valence-corrected chi connectivity index (χ3v) is 3.78. The average Bonchev–Trinajstić information content (AvgIpc) is 3.00. The summed E-state index contributed by atoms with van der Waals surface area (Å²) >= 11 is 0. The van der Waals surface area contributed by atoms with Gasteiger partial charge in [0, 0.05) is 12.6 Å². The Balaban J connectivity index is 1.88. The van der Waals surface area contributed by atoms with Crippen molar-refractivity contribution in [3.8, 4) is 11.1 Å². The van der Waals surface area contributed by atoms with Crippen LogP contribution in [0.3, 0.4) is 0 Å². The maximum absolute atomic E-state index is 12.8. The average molecular weight is 305 g/mol. The number of aryl methyl sites for hydroxylation is 1. The molecule has 0 aliphatic rings. The summed E-state index contributed by atoms with van der Waals surface area (Å²) in [5, 5.41) is 0. The molecule has 0 aliphatic heterocycles. The first-order valence-corrected chi connectivity index (χ1v) is 7.60. The molecular formula is C20H19NO2. The molecule has 1 heterocycles. The van der Waals surface area contributed by atoms with E-state index < -0.39 is 0 Å². The van der Waals surface area contributed by atoms with Crippen LogP contribution in [0.4, 0.5) is 0 Å². The largest absolute Gasteiger partial charge is 0.464 e. The van der Waals surface area contributed by atoms with E-state index in [9.17, 15) is 4.79 Å². The predicted octanol–water partition coefficient (Wildman–Crippen LogP) is 4.53. The summed E-state index contributed by atoms with van der Waals surface area (Å²) in [4.78, 5) is 14.5. The Morgan fingerprint density at radius 3 is 2.35 bits per heavy atom. The SMILES string of the molecule is Cc1ccc(CN(C)C(=O)c2ccccc2-c2ccccc2)o1. The van der Waals surface area contributed by atoms with E-state index in [1.54, 1.807) is 11.9 Å². The molecule has 0 bridgehead atoms. The maximum atomic E-state index is 12.8. The van der Waals surface area contributed by atoms with Gasteiger partial charge in [-0.3, -0.25) is 4.79 Å². The van der Waals surface area contributed by atoms with E-state index in [0.717, 1.165) is 22.6 Å². The standard InChI is InChI=1S/C20H19NO2/c1-15-12-13-17(23-15)14-21(2)20(22)19-11-7-6-10-18(19)16-8-4-3-5-9-16/h3-13H,14H2,1-2H3. The first kappa shape index (κ1) is 15.1. The quantitative estimate of drug-likeness (QED) is 0.709. The van der Waals surface area contributed by atoms with E-state index >= 15 is 0 Å². The number of amides is 1. The van der Waals surface area contributed by atoms with Crippen molar-refractivity contribution in [3.63, 3.8) is 0 Å². The van der Waals surface area contributed by atoms with E-state index in [4.69, 9.17) is 4.42 Å². The first-order chi connectivity index (χ1) is 11.1. The Morgan fingerprint density at radius 2 is 1.65 bits per heavy atom. The van der Waals surface area contributed by atoms with Crippen LogP contribution in [0, 0.1) is 6.92 Å². The lowest BCUT2D eigenvalue weighted by Crippen LogP contribution is -2.26. The Bertz CT molecular complexity index is 805. The molecule has 1 amide bonds. The van der Waals surface area contributed by atoms with Gasteiger partial charge >= 0.3 is 0 Å². The van der Waals surface area contributed by atoms with Crippen molar-refractivity contribution in [2.45, 2.75) is 13.5 Å². The molecule has 0 radical (unpaired) electrons. The summed E-state index contributed by atoms with van der Waals surface area (Å²) in [6.07, 6.45) is 0. The minimum atomic E-state index is -0.0153. The number of carbonyl (C=O) groups is 1. The van der Waals surface area contributed by atoms with E-state index in [1.165, 1.54) is 0 Å². The fraction of sp³-hybridized carbons (Fsp3) is 0.150. The van der Waals surface area contributed by atoms with Crippen molar-refractivity contribution >= 4 is 5.91 Å². The second-order valence-electron chi connectivity index (χ2n) is 5.59. The summed E-state index contributed by atoms with van der Waals surface area (Å²) in [5.74, 6) is 1.62. The van der Waals surface area contributed by atoms with Gasteiger partial charge in [0.1, 0.15) is 11.5 Å². The summed E-state index contributed by atoms with van der Waals surface area (Å²) in [6, 6.07) is 21.5. The second-order valence-corrected chi connectivity index (χ2v) is 5.59. The number of rotatable bonds is 4. The van der Waals surface area contributed by atoms with E-state index in [-0.39, 0.29) is 5.91 Å². The Morgan fingerprint density at radius 1 is 0.957 bits per heavy atom. The van der Waals surface area contributed by atoms with Crippen LogP contribution in [-0.4, -0.2) is 17.9 Å². The van der Waals surface area contributed by atoms with Crippen LogP contribution in [0.15, 0.2) is 71.1 Å². The van der Waals surface area contributed by atoms with E-state index in [0.29, 0.717) is 12.1 Å². The molecule has 2 aromatic carbocycles. The highest BCUT2D eigenvalue weighted by Gasteiger charge is 2.17. The van der Waals surface area contributed by atoms with Gasteiger partial charge in [-0.15, -0.1) is 0 Å². The molecule has 3 nitrogen and oxygen atoms in total. The lowest BCUT2D eigenvalue weighted by atomic mass is 9.99. The number of hydrogen-bond acceptors (Lipinski definition) is 2. The topological polar surface area (TPSA) is 33.5 Å². The molecule has 0 saturated carbocycles. The summed E-state index contributed by atoms with van der Waals surface area (Å²) in [5.41, 5.74) is 2.68. The zero-order valence-corrected chi connectivity index (χ0v) is 13.3. The molecule has 23 heavy (non-hydrogen) atoms. The fourth-order valence-electron chi connectivity index (χ4n) is 2.62. The van der Waals surface area contributed by atoms with Gasteiger partial charge in [0.2, 0.25) is 0 Å². The Hall–Kier alpha value is -2.81. The minimum Gasteiger partial charge on any atom is -0.464 e. The highest BCUT2D eigenvalue weighted by atomic mass is 16.3. The molecule has 3 aromatic rings. The van der Waals surface area contributed by atoms with E-state index in [1.807, 2.05) is 73.7 Å². The molecule has 1 aromatic heterocycles. The van der Waals surface area contributed by atoms with Crippen LogP contribution in [0.1, 0.15) is 21.9 Å². The molecular weight excluding hydrogens is 286 g/mol. The van der Waals surface area contributed by atoms with Gasteiger partial charge in [0.15, 0.2) is 0 Å². The molecule has 116 valence electrons. The maximum Gasteiger partial charge on any atom is 0.254 e. The van der Waals surface area contributed by atoms with E-state index in [2.05, 4.69) is 0 Å². The molecule has 0 spiro atoms. The molecule has 0 N–H and O–H groups in total. The highest BCUT2D eigenvalue weighted by Crippen LogP contribution is 2.24. The van der Waals surface area contributed by atoms with Crippen LogP contribution < -0.4 is 0 Å². The van der Waals surface area contributed by atoms with Crippen molar-refractivity contribution in [2.24, 2.45) is 0 Å². The number of carbonyl (C=O) groups excluding carboxylic acids is 1. The van der Waals surface area contributed by atoms with Gasteiger partial charge in [0.05, 0.1) is 6.54 Å². The van der Waals surface area contributed by atoms with Crippen LogP contribution in [-0.2, 0) is 6.54 Å². The van der Waals surface area contributed by atoms with Gasteiger partial charge in [-0.05, 0) is 36.2 Å². The third-order valence-electron chi connectivity index (χ3n) is 3.78. The smallest absolute Gasteiger partial charge is 0.254 e. The van der Waals surface area contributed by atoms with Gasteiger partial charge in [-0.2, -0.15) is 0 Å². The van der Waals surface area contributed by atoms with Crippen molar-refractivity contribution in [3.05, 3.63) is 83.8 Å². The number of furan rings is 1. The summed E-state index contributed by atoms with van der Waals surface area (Å²) in [6.45, 7) is 2.35. The van der Waals surface area contributed by atoms with Crippen LogP contribution in [0.25, 0.3) is 11.1 Å². The third kappa shape index (κ3) is 3.34. The number of hydrogen-bond donors (Lipinski definition) is 0. The van der Waals surface area contributed by atoms with Crippen molar-refractivity contribution in [2.75, 3.05) is 7.05 Å². The van der Waals surface area contributed by atoms with Gasteiger partial charge < -0.3 is 9.32 Å². The van der Waals surface area contributed by atoms with Crippen LogP contribution >= 0.6 is 0 Å². The minimum absolute atomic E-state index is 0.0153. The lowest BCUT2D eigenvalue weighted by molar-refractivity contribution is 0.0776. The van der Waals surface area contributed by atoms with Crippen LogP contribution in [0.2, 0.25) is 0 Å². The number of benzene rings is 2. The second kappa shape index (κ2) is 6.53. The first-order valence-electron chi connectivity index (χ1n) is 7.60. The molecule has 0 aliphatic carbocycles. The van der Waals surface area contributed by atoms with Crippen molar-refractivity contribution in [1.29, 1.82) is 0 Å². The zero-order valence-electron chi connectivity index (χ0n) is 13.3. The molecule has 3 heteroatoms.